The fourth-order valence-electron chi connectivity index (χ4n) is 2.61. The Bertz CT molecular complexity index is 1030. The van der Waals surface area contributed by atoms with Crippen molar-refractivity contribution in [3.05, 3.63) is 66.0 Å². The van der Waals surface area contributed by atoms with Gasteiger partial charge >= 0.3 is 5.97 Å². The van der Waals surface area contributed by atoms with E-state index in [9.17, 15) is 14.4 Å². The van der Waals surface area contributed by atoms with Crippen molar-refractivity contribution in [3.8, 4) is 5.75 Å². The highest BCUT2D eigenvalue weighted by atomic mass is 16.5. The van der Waals surface area contributed by atoms with E-state index in [-0.39, 0.29) is 6.42 Å². The lowest BCUT2D eigenvalue weighted by atomic mass is 10.1. The van der Waals surface area contributed by atoms with Crippen LogP contribution < -0.4 is 15.8 Å². The van der Waals surface area contributed by atoms with Crippen LogP contribution >= 0.6 is 0 Å². The molecule has 1 atom stereocenters. The van der Waals surface area contributed by atoms with Gasteiger partial charge in [0.2, 0.25) is 5.91 Å². The molecular weight excluding hydrogens is 360 g/mol. The average molecular weight is 378 g/mol. The third kappa shape index (κ3) is 4.67. The molecule has 0 saturated carbocycles. The van der Waals surface area contributed by atoms with Gasteiger partial charge in [-0.25, -0.2) is 4.98 Å². The minimum Gasteiger partial charge on any atom is -0.427 e. The Labute approximate surface area is 160 Å². The lowest BCUT2D eigenvalue weighted by molar-refractivity contribution is -0.131. The molecule has 8 nitrogen and oxygen atoms in total. The first-order valence-electron chi connectivity index (χ1n) is 8.51. The molecule has 1 aromatic heterocycles. The Morgan fingerprint density at radius 3 is 2.39 bits per heavy atom. The van der Waals surface area contributed by atoms with Gasteiger partial charge in [0.1, 0.15) is 11.8 Å². The second-order valence-corrected chi connectivity index (χ2v) is 6.10. The summed E-state index contributed by atoms with van der Waals surface area (Å²) in [7, 11) is 0. The normalized spacial score (nSPS) is 11.6. The number of nitrogens with two attached hydrogens (primary N) is 1. The fourth-order valence-corrected chi connectivity index (χ4v) is 2.61. The summed E-state index contributed by atoms with van der Waals surface area (Å²) in [5.41, 5.74) is 7.70. The number of fused-ring (bicyclic) bond motifs is 1. The topological polar surface area (TPSA) is 124 Å². The van der Waals surface area contributed by atoms with Crippen molar-refractivity contribution in [3.63, 3.8) is 0 Å². The minimum atomic E-state index is -0.948. The van der Waals surface area contributed by atoms with Gasteiger partial charge in [-0.15, -0.1) is 0 Å². The number of primary amides is 1. The van der Waals surface area contributed by atoms with E-state index in [0.717, 1.165) is 5.52 Å². The zero-order valence-electron chi connectivity index (χ0n) is 15.1. The summed E-state index contributed by atoms with van der Waals surface area (Å²) in [6.45, 7) is 1.29. The van der Waals surface area contributed by atoms with E-state index in [1.54, 1.807) is 6.20 Å². The number of hydrogen-bond donors (Lipinski definition) is 2. The molecule has 3 aromatic rings. The molecule has 0 radical (unpaired) electrons. The van der Waals surface area contributed by atoms with Gasteiger partial charge in [-0.2, -0.15) is 0 Å². The number of nitrogens with one attached hydrogen (secondary N) is 1. The number of carbonyl (C=O) groups excluding carboxylic acids is 3. The SMILES string of the molecule is CC(=O)Oc1ccc(C(=O)N[C@H](Cc2cnc3ccccc3n2)C(N)=O)cc1. The maximum Gasteiger partial charge on any atom is 0.308 e. The molecule has 0 aliphatic carbocycles. The Morgan fingerprint density at radius 1 is 1.07 bits per heavy atom. The van der Waals surface area contributed by atoms with Crippen LogP contribution in [0.1, 0.15) is 23.0 Å². The Balaban J connectivity index is 1.72. The van der Waals surface area contributed by atoms with E-state index in [4.69, 9.17) is 10.5 Å². The first kappa shape index (κ1) is 19.0. The van der Waals surface area contributed by atoms with E-state index in [1.807, 2.05) is 24.3 Å². The largest absolute Gasteiger partial charge is 0.427 e. The number of amides is 2. The highest BCUT2D eigenvalue weighted by Crippen LogP contribution is 2.13. The van der Waals surface area contributed by atoms with Gasteiger partial charge in [0.15, 0.2) is 0 Å². The second-order valence-electron chi connectivity index (χ2n) is 6.10. The summed E-state index contributed by atoms with van der Waals surface area (Å²) in [5, 5.41) is 2.60. The van der Waals surface area contributed by atoms with Gasteiger partial charge < -0.3 is 15.8 Å². The van der Waals surface area contributed by atoms with E-state index >= 15 is 0 Å². The van der Waals surface area contributed by atoms with Crippen LogP contribution in [-0.4, -0.2) is 33.8 Å². The van der Waals surface area contributed by atoms with Crippen LogP contribution in [0.2, 0.25) is 0 Å². The highest BCUT2D eigenvalue weighted by molar-refractivity contribution is 5.97. The number of hydrogen-bond acceptors (Lipinski definition) is 6. The predicted octanol–water partition coefficient (Wildman–Crippen LogP) is 1.38. The molecule has 2 amide bonds. The maximum absolute atomic E-state index is 12.4. The molecule has 0 spiro atoms. The molecule has 0 saturated heterocycles. The summed E-state index contributed by atoms with van der Waals surface area (Å²) >= 11 is 0. The molecule has 0 aliphatic rings. The maximum atomic E-state index is 12.4. The summed E-state index contributed by atoms with van der Waals surface area (Å²) in [6, 6.07) is 12.4. The first-order chi connectivity index (χ1) is 13.4. The monoisotopic (exact) mass is 378 g/mol. The number of ether oxygens (including phenoxy) is 1. The molecular formula is C20H18N4O4. The van der Waals surface area contributed by atoms with Crippen molar-refractivity contribution < 1.29 is 19.1 Å². The van der Waals surface area contributed by atoms with Crippen LogP contribution in [0.25, 0.3) is 11.0 Å². The third-order valence-electron chi connectivity index (χ3n) is 3.94. The Kier molecular flexibility index (Phi) is 5.59. The van der Waals surface area contributed by atoms with E-state index < -0.39 is 23.8 Å². The lowest BCUT2D eigenvalue weighted by Crippen LogP contribution is -2.46. The van der Waals surface area contributed by atoms with Crippen LogP contribution in [0.4, 0.5) is 0 Å². The summed E-state index contributed by atoms with van der Waals surface area (Å²) in [5.74, 6) is -1.30. The first-order valence-corrected chi connectivity index (χ1v) is 8.51. The Morgan fingerprint density at radius 2 is 1.75 bits per heavy atom. The van der Waals surface area contributed by atoms with Crippen LogP contribution in [0.15, 0.2) is 54.7 Å². The zero-order valence-corrected chi connectivity index (χ0v) is 15.1. The van der Waals surface area contributed by atoms with Crippen LogP contribution in [0.5, 0.6) is 5.75 Å². The smallest absolute Gasteiger partial charge is 0.308 e. The second kappa shape index (κ2) is 8.26. The van der Waals surface area contributed by atoms with Crippen molar-refractivity contribution in [1.82, 2.24) is 15.3 Å². The molecule has 0 aliphatic heterocycles. The van der Waals surface area contributed by atoms with Crippen LogP contribution in [0, 0.1) is 0 Å². The highest BCUT2D eigenvalue weighted by Gasteiger charge is 2.20. The molecule has 2 aromatic carbocycles. The van der Waals surface area contributed by atoms with E-state index in [1.165, 1.54) is 31.2 Å². The van der Waals surface area contributed by atoms with Gasteiger partial charge in [0.05, 0.1) is 16.7 Å². The van der Waals surface area contributed by atoms with Crippen molar-refractivity contribution in [2.24, 2.45) is 5.73 Å². The van der Waals surface area contributed by atoms with Crippen molar-refractivity contribution in [1.29, 1.82) is 0 Å². The third-order valence-corrected chi connectivity index (χ3v) is 3.94. The predicted molar refractivity (Wildman–Crippen MR) is 101 cm³/mol. The molecule has 0 unspecified atom stereocenters. The standard InChI is InChI=1S/C20H18N4O4/c1-12(25)28-15-8-6-13(7-9-15)20(27)24-18(19(21)26)10-14-11-22-16-4-2-3-5-17(16)23-14/h2-9,11,18H,10H2,1H3,(H2,21,26)(H,24,27)/t18-/m1/s1. The summed E-state index contributed by atoms with van der Waals surface area (Å²) in [4.78, 5) is 43.9. The molecule has 28 heavy (non-hydrogen) atoms. The lowest BCUT2D eigenvalue weighted by Gasteiger charge is -2.15. The van der Waals surface area contributed by atoms with Crippen LogP contribution in [0.3, 0.4) is 0 Å². The number of esters is 1. The Hall–Kier alpha value is -3.81. The van der Waals surface area contributed by atoms with Crippen molar-refractivity contribution in [2.75, 3.05) is 0 Å². The molecule has 0 bridgehead atoms. The van der Waals surface area contributed by atoms with Crippen molar-refractivity contribution >= 4 is 28.8 Å². The molecule has 3 rings (SSSR count). The quantitative estimate of drug-likeness (QED) is 0.493. The minimum absolute atomic E-state index is 0.116. The number of nitrogens with zero attached hydrogens (tertiary/aromatic N) is 2. The number of aromatic nitrogens is 2. The molecule has 1 heterocycles. The van der Waals surface area contributed by atoms with Gasteiger partial charge in [-0.3, -0.25) is 19.4 Å². The number of carbonyl (C=O) groups is 3. The molecule has 0 fully saturated rings. The zero-order chi connectivity index (χ0) is 20.1. The number of benzene rings is 2. The van der Waals surface area contributed by atoms with E-state index in [2.05, 4.69) is 15.3 Å². The van der Waals surface area contributed by atoms with Gasteiger partial charge in [-0.1, -0.05) is 12.1 Å². The van der Waals surface area contributed by atoms with Gasteiger partial charge in [0.25, 0.3) is 5.91 Å². The number of rotatable bonds is 6. The van der Waals surface area contributed by atoms with Crippen molar-refractivity contribution in [2.45, 2.75) is 19.4 Å². The molecule has 142 valence electrons. The summed E-state index contributed by atoms with van der Waals surface area (Å²) < 4.78 is 4.92. The summed E-state index contributed by atoms with van der Waals surface area (Å²) in [6.07, 6.45) is 1.67. The molecule has 3 N–H and O–H groups in total. The fraction of sp³-hybridized carbons (Fsp3) is 0.150. The van der Waals surface area contributed by atoms with Gasteiger partial charge in [0, 0.05) is 25.1 Å². The molecule has 8 heteroatoms. The van der Waals surface area contributed by atoms with Gasteiger partial charge in [-0.05, 0) is 36.4 Å². The average Bonchev–Trinajstić information content (AvgIpc) is 2.67. The van der Waals surface area contributed by atoms with Crippen LogP contribution in [-0.2, 0) is 16.0 Å². The van der Waals surface area contributed by atoms with E-state index in [0.29, 0.717) is 22.5 Å². The number of para-hydroxylation sites is 2.